The molecule has 1 atom stereocenters. The molecule has 0 bridgehead atoms. The van der Waals surface area contributed by atoms with Crippen LogP contribution in [0.3, 0.4) is 0 Å². The molecule has 4 heteroatoms. The van der Waals surface area contributed by atoms with E-state index < -0.39 is 0 Å². The lowest BCUT2D eigenvalue weighted by Crippen LogP contribution is -2.28. The van der Waals surface area contributed by atoms with Crippen molar-refractivity contribution in [3.05, 3.63) is 47.7 Å². The second-order valence-electron chi connectivity index (χ2n) is 6.85. The summed E-state index contributed by atoms with van der Waals surface area (Å²) in [5.74, 6) is 1.76. The molecule has 0 saturated carbocycles. The highest BCUT2D eigenvalue weighted by atomic mass is 16.5. The Morgan fingerprint density at radius 2 is 2.26 bits per heavy atom. The van der Waals surface area contributed by atoms with E-state index in [-0.39, 0.29) is 18.1 Å². The highest BCUT2D eigenvalue weighted by molar-refractivity contribution is 5.80. The first-order valence-electron chi connectivity index (χ1n) is 8.05. The molecule has 23 heavy (non-hydrogen) atoms. The lowest BCUT2D eigenvalue weighted by atomic mass is 10.0. The number of hydrogen-bond acceptors (Lipinski definition) is 3. The van der Waals surface area contributed by atoms with Gasteiger partial charge in [-0.15, -0.1) is 0 Å². The van der Waals surface area contributed by atoms with Crippen molar-refractivity contribution in [1.29, 1.82) is 0 Å². The van der Waals surface area contributed by atoms with Gasteiger partial charge in [0.2, 0.25) is 0 Å². The molecule has 0 saturated heterocycles. The Morgan fingerprint density at radius 3 is 3.00 bits per heavy atom. The molecule has 0 spiro atoms. The Hall–Kier alpha value is -2.23. The first-order chi connectivity index (χ1) is 10.9. The monoisotopic (exact) mass is 313 g/mol. The summed E-state index contributed by atoms with van der Waals surface area (Å²) in [7, 11) is 0. The number of rotatable bonds is 4. The van der Waals surface area contributed by atoms with Gasteiger partial charge in [-0.2, -0.15) is 0 Å². The van der Waals surface area contributed by atoms with E-state index in [1.165, 1.54) is 0 Å². The third-order valence-electron chi connectivity index (χ3n) is 4.01. The van der Waals surface area contributed by atoms with Crippen molar-refractivity contribution < 1.29 is 14.3 Å². The number of carbonyl (C=O) groups excluding carboxylic acids is 1. The lowest BCUT2D eigenvalue weighted by molar-refractivity contribution is -0.122. The molecule has 1 aliphatic heterocycles. The van der Waals surface area contributed by atoms with Gasteiger partial charge in [0.25, 0.3) is 5.91 Å². The zero-order chi connectivity index (χ0) is 16.4. The molecule has 2 aliphatic rings. The molecule has 0 radical (unpaired) electrons. The fourth-order valence-electron chi connectivity index (χ4n) is 2.86. The van der Waals surface area contributed by atoms with Crippen LogP contribution in [0, 0.1) is 5.92 Å². The van der Waals surface area contributed by atoms with Crippen molar-refractivity contribution >= 4 is 5.91 Å². The van der Waals surface area contributed by atoms with Gasteiger partial charge in [0, 0.05) is 17.7 Å². The Balaban J connectivity index is 1.59. The predicted molar refractivity (Wildman–Crippen MR) is 89.5 cm³/mol. The van der Waals surface area contributed by atoms with Gasteiger partial charge in [-0.05, 0) is 38.3 Å². The molecule has 1 heterocycles. The van der Waals surface area contributed by atoms with Gasteiger partial charge in [0.05, 0.1) is 0 Å². The van der Waals surface area contributed by atoms with Gasteiger partial charge < -0.3 is 14.8 Å². The Morgan fingerprint density at radius 1 is 1.43 bits per heavy atom. The first-order valence-corrected chi connectivity index (χ1v) is 8.05. The summed E-state index contributed by atoms with van der Waals surface area (Å²) < 4.78 is 11.6. The maximum atomic E-state index is 12.0. The SMILES string of the molecule is CC1C=CC(NC(=O)COc2cccc3c2OC(C)(C)C3)=CC1. The number of ether oxygens (including phenoxy) is 2. The summed E-state index contributed by atoms with van der Waals surface area (Å²) in [6, 6.07) is 5.81. The van der Waals surface area contributed by atoms with Crippen LogP contribution >= 0.6 is 0 Å². The van der Waals surface area contributed by atoms with Crippen molar-refractivity contribution in [2.24, 2.45) is 5.92 Å². The number of hydrogen-bond donors (Lipinski definition) is 1. The third-order valence-corrected chi connectivity index (χ3v) is 4.01. The molecule has 0 fully saturated rings. The number of allylic oxidation sites excluding steroid dienone is 3. The molecule has 1 aromatic rings. The van der Waals surface area contributed by atoms with Gasteiger partial charge >= 0.3 is 0 Å². The molecule has 1 aliphatic carbocycles. The van der Waals surface area contributed by atoms with Crippen molar-refractivity contribution in [3.8, 4) is 11.5 Å². The summed E-state index contributed by atoms with van der Waals surface area (Å²) in [6.07, 6.45) is 7.87. The number of benzene rings is 1. The van der Waals surface area contributed by atoms with E-state index in [0.29, 0.717) is 11.7 Å². The average molecular weight is 313 g/mol. The number of nitrogens with one attached hydrogen (secondary N) is 1. The van der Waals surface area contributed by atoms with Gasteiger partial charge in [-0.25, -0.2) is 0 Å². The Bertz CT molecular complexity index is 673. The van der Waals surface area contributed by atoms with E-state index in [4.69, 9.17) is 9.47 Å². The van der Waals surface area contributed by atoms with Crippen LogP contribution in [0.5, 0.6) is 11.5 Å². The van der Waals surface area contributed by atoms with E-state index >= 15 is 0 Å². The van der Waals surface area contributed by atoms with Crippen molar-refractivity contribution in [1.82, 2.24) is 5.32 Å². The van der Waals surface area contributed by atoms with E-state index in [9.17, 15) is 4.79 Å². The third kappa shape index (κ3) is 3.76. The van der Waals surface area contributed by atoms with E-state index in [2.05, 4.69) is 18.3 Å². The van der Waals surface area contributed by atoms with Crippen molar-refractivity contribution in [2.75, 3.05) is 6.61 Å². The maximum absolute atomic E-state index is 12.0. The second kappa shape index (κ2) is 6.11. The molecular formula is C19H23NO3. The van der Waals surface area contributed by atoms with Gasteiger partial charge in [0.15, 0.2) is 18.1 Å². The Kier molecular flexibility index (Phi) is 4.16. The summed E-state index contributed by atoms with van der Waals surface area (Å²) >= 11 is 0. The summed E-state index contributed by atoms with van der Waals surface area (Å²) in [6.45, 7) is 6.21. The van der Waals surface area contributed by atoms with E-state index in [1.807, 2.05) is 44.2 Å². The summed E-state index contributed by atoms with van der Waals surface area (Å²) in [5, 5.41) is 2.86. The fourth-order valence-corrected chi connectivity index (χ4v) is 2.86. The van der Waals surface area contributed by atoms with Crippen LogP contribution in [0.4, 0.5) is 0 Å². The topological polar surface area (TPSA) is 47.6 Å². The molecule has 0 aromatic heterocycles. The second-order valence-corrected chi connectivity index (χ2v) is 6.85. The minimum Gasteiger partial charge on any atom is -0.483 e. The van der Waals surface area contributed by atoms with Gasteiger partial charge in [0.1, 0.15) is 5.60 Å². The van der Waals surface area contributed by atoms with Crippen LogP contribution in [-0.4, -0.2) is 18.1 Å². The van der Waals surface area contributed by atoms with Crippen LogP contribution in [0.25, 0.3) is 0 Å². The zero-order valence-electron chi connectivity index (χ0n) is 13.9. The largest absolute Gasteiger partial charge is 0.483 e. The Labute approximate surface area is 137 Å². The highest BCUT2D eigenvalue weighted by Gasteiger charge is 2.32. The maximum Gasteiger partial charge on any atom is 0.262 e. The minimum absolute atomic E-state index is 0.0268. The molecule has 3 rings (SSSR count). The molecular weight excluding hydrogens is 290 g/mol. The van der Waals surface area contributed by atoms with Crippen LogP contribution in [-0.2, 0) is 11.2 Å². The smallest absolute Gasteiger partial charge is 0.262 e. The number of para-hydroxylation sites is 1. The van der Waals surface area contributed by atoms with E-state index in [0.717, 1.165) is 29.9 Å². The summed E-state index contributed by atoms with van der Waals surface area (Å²) in [4.78, 5) is 12.0. The van der Waals surface area contributed by atoms with Crippen LogP contribution in [0.2, 0.25) is 0 Å². The molecule has 1 unspecified atom stereocenters. The minimum atomic E-state index is -0.224. The van der Waals surface area contributed by atoms with Crippen LogP contribution in [0.15, 0.2) is 42.1 Å². The number of carbonyl (C=O) groups is 1. The van der Waals surface area contributed by atoms with E-state index in [1.54, 1.807) is 0 Å². The van der Waals surface area contributed by atoms with Crippen LogP contribution < -0.4 is 14.8 Å². The molecule has 1 N–H and O–H groups in total. The first kappa shape index (κ1) is 15.7. The molecule has 1 amide bonds. The molecule has 122 valence electrons. The standard InChI is InChI=1S/C19H23NO3/c1-13-7-9-15(10-8-13)20-17(21)12-22-16-6-4-5-14-11-19(2,3)23-18(14)16/h4-7,9-10,13H,8,11-12H2,1-3H3,(H,20,21). The van der Waals surface area contributed by atoms with Gasteiger partial charge in [-0.1, -0.05) is 31.2 Å². The lowest BCUT2D eigenvalue weighted by Gasteiger charge is -2.18. The fraction of sp³-hybridized carbons (Fsp3) is 0.421. The molecule has 4 nitrogen and oxygen atoms in total. The normalized spacial score (nSPS) is 21.2. The van der Waals surface area contributed by atoms with Gasteiger partial charge in [-0.3, -0.25) is 4.79 Å². The average Bonchev–Trinajstić information content (AvgIpc) is 2.82. The quantitative estimate of drug-likeness (QED) is 0.927. The zero-order valence-corrected chi connectivity index (χ0v) is 13.9. The number of amides is 1. The van der Waals surface area contributed by atoms with Crippen molar-refractivity contribution in [2.45, 2.75) is 39.2 Å². The van der Waals surface area contributed by atoms with Crippen molar-refractivity contribution in [3.63, 3.8) is 0 Å². The van der Waals surface area contributed by atoms with Crippen LogP contribution in [0.1, 0.15) is 32.8 Å². The predicted octanol–water partition coefficient (Wildman–Crippen LogP) is 3.38. The highest BCUT2D eigenvalue weighted by Crippen LogP contribution is 2.41. The molecule has 1 aromatic carbocycles. The number of fused-ring (bicyclic) bond motifs is 1. The summed E-state index contributed by atoms with van der Waals surface area (Å²) in [5.41, 5.74) is 1.74.